The standard InChI is InChI=1S/C16H19F3N4O2S/c1-2-3-4-9-23-11-20-22-15(23)26-10-14(24)21-12-5-7-13(8-6-12)25-16(17,18)19/h5-8,11H,2-4,9-10H2,1H3,(H,21,24). The third-order valence-corrected chi connectivity index (χ3v) is 4.27. The number of halogens is 3. The summed E-state index contributed by atoms with van der Waals surface area (Å²) in [6, 6.07) is 4.97. The van der Waals surface area contributed by atoms with Gasteiger partial charge in [-0.05, 0) is 30.7 Å². The number of aromatic nitrogens is 3. The summed E-state index contributed by atoms with van der Waals surface area (Å²) < 4.78 is 42.0. The Morgan fingerprint density at radius 1 is 1.27 bits per heavy atom. The number of nitrogens with one attached hydrogen (secondary N) is 1. The van der Waals surface area contributed by atoms with Crippen molar-refractivity contribution in [2.75, 3.05) is 11.1 Å². The fourth-order valence-corrected chi connectivity index (χ4v) is 2.85. The molecule has 0 atom stereocenters. The second kappa shape index (κ2) is 9.46. The zero-order chi connectivity index (χ0) is 19.0. The second-order valence-corrected chi connectivity index (χ2v) is 6.37. The van der Waals surface area contributed by atoms with Gasteiger partial charge in [0.25, 0.3) is 0 Å². The summed E-state index contributed by atoms with van der Waals surface area (Å²) in [6.45, 7) is 2.92. The average molecular weight is 388 g/mol. The molecular weight excluding hydrogens is 369 g/mol. The first-order chi connectivity index (χ1) is 12.4. The maximum atomic E-state index is 12.1. The molecule has 1 N–H and O–H groups in total. The van der Waals surface area contributed by atoms with Crippen LogP contribution in [0.5, 0.6) is 5.75 Å². The quantitative estimate of drug-likeness (QED) is 0.517. The second-order valence-electron chi connectivity index (χ2n) is 5.42. The fraction of sp³-hybridized carbons (Fsp3) is 0.438. The molecule has 0 spiro atoms. The van der Waals surface area contributed by atoms with Gasteiger partial charge in [0.15, 0.2) is 5.16 Å². The third kappa shape index (κ3) is 6.95. The largest absolute Gasteiger partial charge is 0.573 e. The molecule has 142 valence electrons. The van der Waals surface area contributed by atoms with Gasteiger partial charge in [0, 0.05) is 12.2 Å². The van der Waals surface area contributed by atoms with Crippen LogP contribution >= 0.6 is 11.8 Å². The van der Waals surface area contributed by atoms with E-state index in [1.807, 2.05) is 4.57 Å². The SMILES string of the molecule is CCCCCn1cnnc1SCC(=O)Nc1ccc(OC(F)(F)F)cc1. The highest BCUT2D eigenvalue weighted by molar-refractivity contribution is 7.99. The van der Waals surface area contributed by atoms with Crippen molar-refractivity contribution >= 4 is 23.4 Å². The number of benzene rings is 1. The highest BCUT2D eigenvalue weighted by Crippen LogP contribution is 2.24. The molecule has 0 saturated carbocycles. The van der Waals surface area contributed by atoms with Gasteiger partial charge in [-0.15, -0.1) is 23.4 Å². The van der Waals surface area contributed by atoms with E-state index in [1.54, 1.807) is 6.33 Å². The molecule has 6 nitrogen and oxygen atoms in total. The molecule has 2 rings (SSSR count). The van der Waals surface area contributed by atoms with Crippen molar-refractivity contribution in [2.45, 2.75) is 44.2 Å². The highest BCUT2D eigenvalue weighted by Gasteiger charge is 2.30. The minimum atomic E-state index is -4.74. The maximum absolute atomic E-state index is 12.1. The van der Waals surface area contributed by atoms with E-state index in [9.17, 15) is 18.0 Å². The number of hydrogen-bond acceptors (Lipinski definition) is 5. The Bertz CT molecular complexity index is 704. The van der Waals surface area contributed by atoms with Crippen molar-refractivity contribution < 1.29 is 22.7 Å². The van der Waals surface area contributed by atoms with E-state index < -0.39 is 6.36 Å². The molecule has 1 aromatic heterocycles. The maximum Gasteiger partial charge on any atom is 0.573 e. The van der Waals surface area contributed by atoms with E-state index in [4.69, 9.17) is 0 Å². The van der Waals surface area contributed by atoms with Crippen LogP contribution in [0.1, 0.15) is 26.2 Å². The Morgan fingerprint density at radius 3 is 2.65 bits per heavy atom. The van der Waals surface area contributed by atoms with Crippen LogP contribution in [-0.4, -0.2) is 32.8 Å². The molecule has 0 aliphatic rings. The molecule has 0 aliphatic heterocycles. The topological polar surface area (TPSA) is 69.0 Å². The molecule has 0 aliphatic carbocycles. The summed E-state index contributed by atoms with van der Waals surface area (Å²) in [5.41, 5.74) is 0.384. The molecule has 10 heteroatoms. The highest BCUT2D eigenvalue weighted by atomic mass is 32.2. The van der Waals surface area contributed by atoms with Gasteiger partial charge in [-0.3, -0.25) is 4.79 Å². The van der Waals surface area contributed by atoms with Gasteiger partial charge >= 0.3 is 6.36 Å². The zero-order valence-corrected chi connectivity index (χ0v) is 14.9. The number of hydrogen-bond donors (Lipinski definition) is 1. The van der Waals surface area contributed by atoms with E-state index in [0.29, 0.717) is 10.8 Å². The molecule has 0 unspecified atom stereocenters. The van der Waals surface area contributed by atoms with Crippen LogP contribution < -0.4 is 10.1 Å². The number of aryl methyl sites for hydroxylation is 1. The number of rotatable bonds is 9. The summed E-state index contributed by atoms with van der Waals surface area (Å²) in [7, 11) is 0. The number of nitrogens with zero attached hydrogens (tertiary/aromatic N) is 3. The van der Waals surface area contributed by atoms with Crippen molar-refractivity contribution in [3.8, 4) is 5.75 Å². The molecule has 1 amide bonds. The van der Waals surface area contributed by atoms with Crippen molar-refractivity contribution in [2.24, 2.45) is 0 Å². The normalized spacial score (nSPS) is 11.4. The summed E-state index contributed by atoms with van der Waals surface area (Å²) in [6.07, 6.45) is 0.126. The first-order valence-electron chi connectivity index (χ1n) is 8.03. The molecule has 0 radical (unpaired) electrons. The van der Waals surface area contributed by atoms with Crippen LogP contribution in [0, 0.1) is 0 Å². The number of thioether (sulfide) groups is 1. The van der Waals surface area contributed by atoms with E-state index in [-0.39, 0.29) is 17.4 Å². The molecule has 1 heterocycles. The molecule has 1 aromatic carbocycles. The number of unbranched alkanes of at least 4 members (excludes halogenated alkanes) is 2. The lowest BCUT2D eigenvalue weighted by molar-refractivity contribution is -0.274. The van der Waals surface area contributed by atoms with E-state index in [1.165, 1.54) is 23.9 Å². The third-order valence-electron chi connectivity index (χ3n) is 3.29. The van der Waals surface area contributed by atoms with Crippen LogP contribution in [0.4, 0.5) is 18.9 Å². The van der Waals surface area contributed by atoms with Crippen LogP contribution in [0.25, 0.3) is 0 Å². The molecule has 0 bridgehead atoms. The van der Waals surface area contributed by atoms with Gasteiger partial charge in [-0.2, -0.15) is 0 Å². The monoisotopic (exact) mass is 388 g/mol. The molecule has 26 heavy (non-hydrogen) atoms. The van der Waals surface area contributed by atoms with E-state index in [2.05, 4.69) is 27.2 Å². The summed E-state index contributed by atoms with van der Waals surface area (Å²) >= 11 is 1.25. The number of ether oxygens (including phenoxy) is 1. The van der Waals surface area contributed by atoms with Gasteiger partial charge < -0.3 is 14.6 Å². The van der Waals surface area contributed by atoms with Gasteiger partial charge in [-0.25, -0.2) is 0 Å². The lowest BCUT2D eigenvalue weighted by atomic mass is 10.2. The minimum absolute atomic E-state index is 0.118. The van der Waals surface area contributed by atoms with Crippen molar-refractivity contribution in [1.29, 1.82) is 0 Å². The smallest absolute Gasteiger partial charge is 0.406 e. The minimum Gasteiger partial charge on any atom is -0.406 e. The van der Waals surface area contributed by atoms with Crippen molar-refractivity contribution in [3.63, 3.8) is 0 Å². The predicted molar refractivity (Wildman–Crippen MR) is 92.0 cm³/mol. The molecular formula is C16H19F3N4O2S. The van der Waals surface area contributed by atoms with E-state index in [0.717, 1.165) is 37.9 Å². The molecule has 2 aromatic rings. The van der Waals surface area contributed by atoms with Gasteiger partial charge in [-0.1, -0.05) is 31.5 Å². The van der Waals surface area contributed by atoms with Crippen LogP contribution in [0.3, 0.4) is 0 Å². The van der Waals surface area contributed by atoms with Crippen LogP contribution in [0.2, 0.25) is 0 Å². The fourth-order valence-electron chi connectivity index (χ4n) is 2.11. The predicted octanol–water partition coefficient (Wildman–Crippen LogP) is 4.10. The lowest BCUT2D eigenvalue weighted by Crippen LogP contribution is -2.17. The first-order valence-corrected chi connectivity index (χ1v) is 9.02. The number of carbonyl (C=O) groups is 1. The summed E-state index contributed by atoms with van der Waals surface area (Å²) in [4.78, 5) is 12.0. The van der Waals surface area contributed by atoms with Crippen LogP contribution in [0.15, 0.2) is 35.7 Å². The average Bonchev–Trinajstić information content (AvgIpc) is 3.01. The van der Waals surface area contributed by atoms with Gasteiger partial charge in [0.1, 0.15) is 12.1 Å². The summed E-state index contributed by atoms with van der Waals surface area (Å²) in [5.74, 6) is -0.513. The first kappa shape index (κ1) is 20.1. The Balaban J connectivity index is 1.81. The van der Waals surface area contributed by atoms with E-state index >= 15 is 0 Å². The zero-order valence-electron chi connectivity index (χ0n) is 14.1. The van der Waals surface area contributed by atoms with Crippen LogP contribution in [-0.2, 0) is 11.3 Å². The van der Waals surface area contributed by atoms with Gasteiger partial charge in [0.2, 0.25) is 5.91 Å². The Kier molecular flexibility index (Phi) is 7.31. The van der Waals surface area contributed by atoms with Crippen molar-refractivity contribution in [3.05, 3.63) is 30.6 Å². The van der Waals surface area contributed by atoms with Crippen molar-refractivity contribution in [1.82, 2.24) is 14.8 Å². The summed E-state index contributed by atoms with van der Waals surface area (Å²) in [5, 5.41) is 11.1. The molecule has 0 fully saturated rings. The number of amides is 1. The Hall–Kier alpha value is -2.23. The lowest BCUT2D eigenvalue weighted by Gasteiger charge is -2.10. The Morgan fingerprint density at radius 2 is 2.00 bits per heavy atom. The number of carbonyl (C=O) groups excluding carboxylic acids is 1. The number of alkyl halides is 3. The van der Waals surface area contributed by atoms with Gasteiger partial charge in [0.05, 0.1) is 5.75 Å². The Labute approximate surface area is 153 Å². The molecule has 0 saturated heterocycles. The number of anilines is 1.